The molecule has 2 aromatic carbocycles. The van der Waals surface area contributed by atoms with E-state index in [0.717, 1.165) is 18.5 Å². The van der Waals surface area contributed by atoms with E-state index in [0.29, 0.717) is 10.4 Å². The number of phenolic OH excluding ortho intramolecular Hbond substituents is 2. The van der Waals surface area contributed by atoms with Crippen molar-refractivity contribution in [3.63, 3.8) is 0 Å². The molecule has 4 aromatic rings. The van der Waals surface area contributed by atoms with Crippen LogP contribution < -0.4 is 10.7 Å². The molecule has 4 unspecified atom stereocenters. The first-order valence-corrected chi connectivity index (χ1v) is 13.3. The summed E-state index contributed by atoms with van der Waals surface area (Å²) in [6, 6.07) is 8.77. The van der Waals surface area contributed by atoms with Crippen LogP contribution in [0.15, 0.2) is 41.2 Å². The van der Waals surface area contributed by atoms with E-state index in [1.807, 2.05) is 31.1 Å². The Morgan fingerprint density at radius 3 is 1.95 bits per heavy atom. The SMILES string of the molecule is COC1C(c2c(O)cc(-n3c(C)ccc3C)cc2O)C([O-])C1c1c(C(F)(F)F)[nH]n(-c2c(Cl)cc(Cl)cc2Cl)c1=O. The van der Waals surface area contributed by atoms with E-state index in [2.05, 4.69) is 0 Å². The van der Waals surface area contributed by atoms with Gasteiger partial charge in [-0.1, -0.05) is 34.8 Å². The zero-order valence-electron chi connectivity index (χ0n) is 21.6. The Kier molecular flexibility index (Phi) is 7.40. The molecule has 1 fully saturated rings. The second-order valence-electron chi connectivity index (χ2n) is 9.82. The standard InChI is InChI=1S/C27H22Cl3F3N3O5/c1-10-4-5-11(2)35(10)13-8-16(37)18(17(38)9-13)19-23(39)20(24(19)41-3)21-25(27(31,32)33)34-36(26(21)40)22-14(29)6-12(28)7-15(22)30/h4-9,19-20,23-24,34,37-38H,1-3H3/q-1. The lowest BCUT2D eigenvalue weighted by molar-refractivity contribution is -0.463. The number of alkyl halides is 3. The van der Waals surface area contributed by atoms with Crippen LogP contribution in [0.2, 0.25) is 15.1 Å². The van der Waals surface area contributed by atoms with Crippen LogP contribution in [-0.4, -0.2) is 43.9 Å². The molecule has 4 atom stereocenters. The van der Waals surface area contributed by atoms with Gasteiger partial charge < -0.3 is 24.6 Å². The van der Waals surface area contributed by atoms with Crippen LogP contribution >= 0.6 is 34.8 Å². The van der Waals surface area contributed by atoms with E-state index in [-0.39, 0.29) is 26.3 Å². The summed E-state index contributed by atoms with van der Waals surface area (Å²) < 4.78 is 50.3. The predicted molar refractivity (Wildman–Crippen MR) is 145 cm³/mol. The third-order valence-corrected chi connectivity index (χ3v) is 8.21. The van der Waals surface area contributed by atoms with Crippen LogP contribution in [0.1, 0.15) is 40.0 Å². The zero-order valence-corrected chi connectivity index (χ0v) is 23.8. The Morgan fingerprint density at radius 1 is 0.951 bits per heavy atom. The summed E-state index contributed by atoms with van der Waals surface area (Å²) in [7, 11) is 1.16. The summed E-state index contributed by atoms with van der Waals surface area (Å²) in [4.78, 5) is 13.5. The molecule has 8 nitrogen and oxygen atoms in total. The van der Waals surface area contributed by atoms with Gasteiger partial charge in [-0.15, -0.1) is 6.10 Å². The van der Waals surface area contributed by atoms with E-state index in [1.165, 1.54) is 24.3 Å². The van der Waals surface area contributed by atoms with Crippen molar-refractivity contribution in [1.29, 1.82) is 0 Å². The second-order valence-corrected chi connectivity index (χ2v) is 11.1. The third kappa shape index (κ3) is 4.69. The number of phenols is 2. The first-order chi connectivity index (χ1) is 19.2. The van der Waals surface area contributed by atoms with Gasteiger partial charge in [0, 0.05) is 53.1 Å². The van der Waals surface area contributed by atoms with Crippen molar-refractivity contribution in [2.75, 3.05) is 7.11 Å². The number of ether oxygens (including phenoxy) is 1. The van der Waals surface area contributed by atoms with Crippen molar-refractivity contribution in [1.82, 2.24) is 14.3 Å². The number of aromatic amines is 1. The van der Waals surface area contributed by atoms with Crippen molar-refractivity contribution in [3.8, 4) is 22.9 Å². The normalized spacial score (nSPS) is 20.8. The van der Waals surface area contributed by atoms with E-state index in [4.69, 9.17) is 39.5 Å². The van der Waals surface area contributed by atoms with Gasteiger partial charge in [0.2, 0.25) is 0 Å². The summed E-state index contributed by atoms with van der Waals surface area (Å²) >= 11 is 18.2. The number of nitrogens with zero attached hydrogens (tertiary/aromatic N) is 2. The maximum Gasteiger partial charge on any atom is 0.433 e. The average molecular weight is 632 g/mol. The van der Waals surface area contributed by atoms with Gasteiger partial charge in [-0.2, -0.15) is 13.2 Å². The van der Waals surface area contributed by atoms with E-state index >= 15 is 0 Å². The van der Waals surface area contributed by atoms with Crippen molar-refractivity contribution in [2.24, 2.45) is 0 Å². The lowest BCUT2D eigenvalue weighted by Crippen LogP contribution is -2.60. The second kappa shape index (κ2) is 10.3. The lowest BCUT2D eigenvalue weighted by atomic mass is 9.62. The van der Waals surface area contributed by atoms with Crippen LogP contribution in [0, 0.1) is 13.8 Å². The number of H-pyrrole nitrogens is 1. The summed E-state index contributed by atoms with van der Waals surface area (Å²) in [6.07, 6.45) is -8.29. The molecule has 1 aliphatic rings. The summed E-state index contributed by atoms with van der Waals surface area (Å²) in [5.74, 6) is -3.77. The van der Waals surface area contributed by atoms with Crippen molar-refractivity contribution in [2.45, 2.75) is 44.1 Å². The number of hydrogen-bond acceptors (Lipinski definition) is 5. The van der Waals surface area contributed by atoms with Gasteiger partial charge >= 0.3 is 6.18 Å². The molecule has 2 heterocycles. The summed E-state index contributed by atoms with van der Waals surface area (Å²) in [6.45, 7) is 3.65. The van der Waals surface area contributed by atoms with Gasteiger partial charge in [0.25, 0.3) is 5.56 Å². The fourth-order valence-corrected chi connectivity index (χ4v) is 6.65. The number of aromatic hydroxyl groups is 2. The monoisotopic (exact) mass is 630 g/mol. The largest absolute Gasteiger partial charge is 0.851 e. The smallest absolute Gasteiger partial charge is 0.433 e. The highest BCUT2D eigenvalue weighted by molar-refractivity contribution is 6.40. The van der Waals surface area contributed by atoms with Gasteiger partial charge in [0.05, 0.1) is 27.4 Å². The first-order valence-electron chi connectivity index (χ1n) is 12.1. The molecule has 218 valence electrons. The Labute approximate surface area is 246 Å². The van der Waals surface area contributed by atoms with Crippen LogP contribution in [0.25, 0.3) is 11.4 Å². The Balaban J connectivity index is 1.61. The maximum atomic E-state index is 14.2. The Hall–Kier alpha value is -3.09. The molecule has 2 aromatic heterocycles. The predicted octanol–water partition coefficient (Wildman–Crippen LogP) is 5.59. The molecule has 0 spiro atoms. The number of benzene rings is 2. The number of halogens is 6. The number of rotatable bonds is 5. The number of aromatic nitrogens is 3. The fraction of sp³-hybridized carbons (Fsp3) is 0.296. The molecule has 14 heteroatoms. The quantitative estimate of drug-likeness (QED) is 0.266. The molecule has 0 bridgehead atoms. The highest BCUT2D eigenvalue weighted by Crippen LogP contribution is 2.54. The van der Waals surface area contributed by atoms with Crippen LogP contribution in [0.5, 0.6) is 11.5 Å². The number of methoxy groups -OCH3 is 1. The molecule has 5 rings (SSSR count). The highest BCUT2D eigenvalue weighted by atomic mass is 35.5. The van der Waals surface area contributed by atoms with E-state index in [1.54, 1.807) is 4.57 Å². The lowest BCUT2D eigenvalue weighted by Gasteiger charge is -2.55. The summed E-state index contributed by atoms with van der Waals surface area (Å²) in [5, 5.41) is 37.1. The minimum atomic E-state index is -5.08. The molecule has 0 aliphatic heterocycles. The number of nitrogens with one attached hydrogen (secondary N) is 1. The van der Waals surface area contributed by atoms with Crippen LogP contribution in [0.3, 0.4) is 0 Å². The van der Waals surface area contributed by atoms with Crippen molar-refractivity contribution >= 4 is 34.8 Å². The summed E-state index contributed by atoms with van der Waals surface area (Å²) in [5.41, 5.74) is -1.98. The van der Waals surface area contributed by atoms with Gasteiger partial charge in [-0.3, -0.25) is 9.89 Å². The van der Waals surface area contributed by atoms with Crippen molar-refractivity contribution < 1.29 is 33.2 Å². The van der Waals surface area contributed by atoms with E-state index < -0.39 is 58.5 Å². The number of aryl methyl sites for hydroxylation is 2. The molecular formula is C27H22Cl3F3N3O5-. The van der Waals surface area contributed by atoms with Gasteiger partial charge in [0.15, 0.2) is 0 Å². The molecule has 3 N–H and O–H groups in total. The highest BCUT2D eigenvalue weighted by Gasteiger charge is 2.53. The Morgan fingerprint density at radius 2 is 1.46 bits per heavy atom. The zero-order chi connectivity index (χ0) is 30.1. The number of hydrogen-bond donors (Lipinski definition) is 3. The third-order valence-electron chi connectivity index (χ3n) is 7.42. The fourth-order valence-electron chi connectivity index (χ4n) is 5.66. The molecule has 41 heavy (non-hydrogen) atoms. The molecule has 0 radical (unpaired) electrons. The topological polar surface area (TPSA) is 115 Å². The average Bonchev–Trinajstić information content (AvgIpc) is 3.37. The van der Waals surface area contributed by atoms with Crippen molar-refractivity contribution in [3.05, 3.63) is 90.0 Å². The minimum absolute atomic E-state index is 0.0910. The van der Waals surface area contributed by atoms with Crippen LogP contribution in [0.4, 0.5) is 13.2 Å². The Bertz CT molecular complexity index is 1660. The van der Waals surface area contributed by atoms with Gasteiger partial charge in [-0.25, -0.2) is 4.68 Å². The van der Waals surface area contributed by atoms with Gasteiger partial charge in [0.1, 0.15) is 22.9 Å². The van der Waals surface area contributed by atoms with Crippen LogP contribution in [-0.2, 0) is 10.9 Å². The maximum absolute atomic E-state index is 14.2. The molecule has 1 saturated carbocycles. The molecular weight excluding hydrogens is 610 g/mol. The minimum Gasteiger partial charge on any atom is -0.851 e. The molecule has 0 saturated heterocycles. The van der Waals surface area contributed by atoms with Gasteiger partial charge in [-0.05, 0) is 38.1 Å². The molecule has 1 aliphatic carbocycles. The molecule has 0 amide bonds. The first kappa shape index (κ1) is 29.4. The van der Waals surface area contributed by atoms with E-state index in [9.17, 15) is 33.3 Å².